The first kappa shape index (κ1) is 8.01. The van der Waals surface area contributed by atoms with Crippen molar-refractivity contribution in [3.63, 3.8) is 0 Å². The van der Waals surface area contributed by atoms with E-state index in [1.165, 1.54) is 34.9 Å². The molecule has 0 radical (unpaired) electrons. The number of hydrogen-bond acceptors (Lipinski definition) is 1. The highest BCUT2D eigenvalue weighted by Gasteiger charge is 2.50. The molecule has 2 aliphatic rings. The molecule has 0 amide bonds. The van der Waals surface area contributed by atoms with Gasteiger partial charge in [0.2, 0.25) is 0 Å². The topological polar surface area (TPSA) is 26.0 Å². The highest BCUT2D eigenvalue weighted by molar-refractivity contribution is 9.10. The van der Waals surface area contributed by atoms with E-state index in [4.69, 9.17) is 5.73 Å². The van der Waals surface area contributed by atoms with E-state index in [0.717, 1.165) is 0 Å². The van der Waals surface area contributed by atoms with Gasteiger partial charge in [0, 0.05) is 15.9 Å². The van der Waals surface area contributed by atoms with Crippen LogP contribution in [0.25, 0.3) is 0 Å². The minimum Gasteiger partial charge on any atom is -0.325 e. The molecule has 2 N–H and O–H groups in total. The van der Waals surface area contributed by atoms with Crippen molar-refractivity contribution >= 4 is 15.9 Å². The molecule has 1 unspecified atom stereocenters. The fourth-order valence-corrected chi connectivity index (χ4v) is 2.70. The summed E-state index contributed by atoms with van der Waals surface area (Å²) in [6.07, 6.45) is 3.62. The average molecular weight is 238 g/mol. The Morgan fingerprint density at radius 2 is 2.15 bits per heavy atom. The fraction of sp³-hybridized carbons (Fsp3) is 0.455. The summed E-state index contributed by atoms with van der Waals surface area (Å²) in [6.45, 7) is 0. The Morgan fingerprint density at radius 3 is 2.77 bits per heavy atom. The van der Waals surface area contributed by atoms with Crippen LogP contribution in [0.2, 0.25) is 0 Å². The van der Waals surface area contributed by atoms with Gasteiger partial charge in [-0.05, 0) is 42.5 Å². The van der Waals surface area contributed by atoms with Gasteiger partial charge >= 0.3 is 0 Å². The van der Waals surface area contributed by atoms with Crippen molar-refractivity contribution < 1.29 is 0 Å². The Kier molecular flexibility index (Phi) is 1.46. The number of hydrogen-bond donors (Lipinski definition) is 1. The highest BCUT2D eigenvalue weighted by Crippen LogP contribution is 2.52. The summed E-state index contributed by atoms with van der Waals surface area (Å²) in [5, 5.41) is 0. The molecule has 2 aliphatic carbocycles. The van der Waals surface area contributed by atoms with Crippen molar-refractivity contribution in [3.05, 3.63) is 33.8 Å². The van der Waals surface area contributed by atoms with Gasteiger partial charge < -0.3 is 5.73 Å². The predicted molar refractivity (Wildman–Crippen MR) is 56.7 cm³/mol. The number of nitrogens with two attached hydrogens (primary N) is 1. The molecule has 0 heterocycles. The first-order chi connectivity index (χ1) is 6.19. The molecule has 0 saturated heterocycles. The Bertz CT molecular complexity index is 368. The third-order valence-electron chi connectivity index (χ3n) is 3.43. The minimum atomic E-state index is 0.167. The van der Waals surface area contributed by atoms with Crippen LogP contribution in [-0.4, -0.2) is 5.54 Å². The summed E-state index contributed by atoms with van der Waals surface area (Å²) in [6, 6.07) is 6.56. The van der Waals surface area contributed by atoms with E-state index in [0.29, 0.717) is 5.92 Å². The summed E-state index contributed by atoms with van der Waals surface area (Å²) in [7, 11) is 0. The largest absolute Gasteiger partial charge is 0.325 e. The van der Waals surface area contributed by atoms with Gasteiger partial charge in [-0.2, -0.15) is 0 Å². The molecule has 1 fully saturated rings. The Balaban J connectivity index is 1.97. The van der Waals surface area contributed by atoms with E-state index in [9.17, 15) is 0 Å². The normalized spacial score (nSPS) is 27.7. The summed E-state index contributed by atoms with van der Waals surface area (Å²) in [5.74, 6) is 0.649. The number of halogens is 1. The molecule has 3 rings (SSSR count). The van der Waals surface area contributed by atoms with Gasteiger partial charge in [0.05, 0.1) is 0 Å². The highest BCUT2D eigenvalue weighted by atomic mass is 79.9. The molecule has 0 aliphatic heterocycles. The second kappa shape index (κ2) is 2.37. The zero-order valence-corrected chi connectivity index (χ0v) is 8.97. The monoisotopic (exact) mass is 237 g/mol. The van der Waals surface area contributed by atoms with Crippen molar-refractivity contribution in [2.75, 3.05) is 0 Å². The zero-order valence-electron chi connectivity index (χ0n) is 7.39. The Hall–Kier alpha value is -0.340. The molecular formula is C11H12BrN. The average Bonchev–Trinajstić information content (AvgIpc) is 2.75. The van der Waals surface area contributed by atoms with Crippen LogP contribution in [0, 0.1) is 0 Å². The summed E-state index contributed by atoms with van der Waals surface area (Å²) >= 11 is 3.48. The zero-order chi connectivity index (χ0) is 9.05. The molecule has 0 aromatic heterocycles. The van der Waals surface area contributed by atoms with Crippen LogP contribution in [0.3, 0.4) is 0 Å². The maximum absolute atomic E-state index is 6.19. The second-order valence-corrected chi connectivity index (χ2v) is 5.25. The molecule has 1 atom stereocenters. The van der Waals surface area contributed by atoms with Gasteiger partial charge in [0.25, 0.3) is 0 Å². The molecule has 0 bridgehead atoms. The first-order valence-electron chi connectivity index (χ1n) is 4.76. The standard InChI is InChI=1S/C11H12BrN/c12-8-1-2-9-7(5-8)6-10(9)11(13)3-4-11/h1-2,5,10H,3-4,6,13H2. The molecule has 1 aromatic carbocycles. The van der Waals surface area contributed by atoms with Gasteiger partial charge in [-0.15, -0.1) is 0 Å². The van der Waals surface area contributed by atoms with Crippen molar-refractivity contribution in [1.29, 1.82) is 0 Å². The first-order valence-corrected chi connectivity index (χ1v) is 5.55. The van der Waals surface area contributed by atoms with Crippen LogP contribution in [0.15, 0.2) is 22.7 Å². The van der Waals surface area contributed by atoms with Gasteiger partial charge in [0.15, 0.2) is 0 Å². The van der Waals surface area contributed by atoms with Crippen molar-refractivity contribution in [2.45, 2.75) is 30.7 Å². The van der Waals surface area contributed by atoms with Crippen LogP contribution < -0.4 is 5.73 Å². The number of benzene rings is 1. The summed E-state index contributed by atoms with van der Waals surface area (Å²) < 4.78 is 1.19. The van der Waals surface area contributed by atoms with E-state index < -0.39 is 0 Å². The lowest BCUT2D eigenvalue weighted by atomic mass is 9.72. The second-order valence-electron chi connectivity index (χ2n) is 4.33. The maximum Gasteiger partial charge on any atom is 0.0228 e. The van der Waals surface area contributed by atoms with E-state index in [-0.39, 0.29) is 5.54 Å². The van der Waals surface area contributed by atoms with E-state index in [2.05, 4.69) is 34.1 Å². The molecular weight excluding hydrogens is 226 g/mol. The Labute approximate surface area is 86.5 Å². The lowest BCUT2D eigenvalue weighted by molar-refractivity contribution is 0.469. The SMILES string of the molecule is NC1(C2Cc3cc(Br)ccc32)CC1. The number of fused-ring (bicyclic) bond motifs is 1. The van der Waals surface area contributed by atoms with E-state index in [1.54, 1.807) is 0 Å². The molecule has 2 heteroatoms. The third-order valence-corrected chi connectivity index (χ3v) is 3.92. The summed E-state index contributed by atoms with van der Waals surface area (Å²) in [5.41, 5.74) is 9.33. The molecule has 0 spiro atoms. The van der Waals surface area contributed by atoms with Crippen molar-refractivity contribution in [2.24, 2.45) is 5.73 Å². The van der Waals surface area contributed by atoms with Crippen molar-refractivity contribution in [1.82, 2.24) is 0 Å². The van der Waals surface area contributed by atoms with Crippen molar-refractivity contribution in [3.8, 4) is 0 Å². The molecule has 1 nitrogen and oxygen atoms in total. The van der Waals surface area contributed by atoms with Gasteiger partial charge in [0.1, 0.15) is 0 Å². The van der Waals surface area contributed by atoms with Crippen LogP contribution in [0.1, 0.15) is 29.9 Å². The van der Waals surface area contributed by atoms with E-state index >= 15 is 0 Å². The molecule has 1 saturated carbocycles. The van der Waals surface area contributed by atoms with Crippen LogP contribution in [-0.2, 0) is 6.42 Å². The number of rotatable bonds is 1. The summed E-state index contributed by atoms with van der Waals surface area (Å²) in [4.78, 5) is 0. The predicted octanol–water partition coefficient (Wildman–Crippen LogP) is 2.58. The smallest absolute Gasteiger partial charge is 0.0228 e. The maximum atomic E-state index is 6.19. The van der Waals surface area contributed by atoms with Crippen LogP contribution >= 0.6 is 15.9 Å². The molecule has 13 heavy (non-hydrogen) atoms. The minimum absolute atomic E-state index is 0.167. The molecule has 68 valence electrons. The van der Waals surface area contributed by atoms with Crippen LogP contribution in [0.5, 0.6) is 0 Å². The Morgan fingerprint density at radius 1 is 1.38 bits per heavy atom. The quantitative estimate of drug-likeness (QED) is 0.799. The van der Waals surface area contributed by atoms with Gasteiger partial charge in [-0.25, -0.2) is 0 Å². The third kappa shape index (κ3) is 1.09. The van der Waals surface area contributed by atoms with Crippen LogP contribution in [0.4, 0.5) is 0 Å². The van der Waals surface area contributed by atoms with Gasteiger partial charge in [-0.1, -0.05) is 22.0 Å². The lowest BCUT2D eigenvalue weighted by Gasteiger charge is -2.35. The molecule has 1 aromatic rings. The van der Waals surface area contributed by atoms with E-state index in [1.807, 2.05) is 0 Å². The lowest BCUT2D eigenvalue weighted by Crippen LogP contribution is -2.37. The fourth-order valence-electron chi connectivity index (χ4n) is 2.30. The van der Waals surface area contributed by atoms with Gasteiger partial charge in [-0.3, -0.25) is 0 Å².